The van der Waals surface area contributed by atoms with Gasteiger partial charge in [-0.3, -0.25) is 14.5 Å². The molecule has 36 heavy (non-hydrogen) atoms. The van der Waals surface area contributed by atoms with E-state index < -0.39 is 23.2 Å². The fraction of sp³-hybridized carbons (Fsp3) is 0.286. The lowest BCUT2D eigenvalue weighted by Crippen LogP contribution is -2.46. The van der Waals surface area contributed by atoms with Gasteiger partial charge in [0.05, 0.1) is 29.8 Å². The Morgan fingerprint density at radius 3 is 2.50 bits per heavy atom. The largest absolute Gasteiger partial charge is 0.463 e. The maximum absolute atomic E-state index is 14.0. The molecule has 3 aliphatic rings. The molecule has 8 heteroatoms. The molecular weight excluding hydrogens is 474 g/mol. The summed E-state index contributed by atoms with van der Waals surface area (Å²) in [5.74, 6) is -1.43. The van der Waals surface area contributed by atoms with Gasteiger partial charge in [0.2, 0.25) is 11.8 Å². The molecule has 184 valence electrons. The zero-order chi connectivity index (χ0) is 25.4. The number of fused-ring (bicyclic) bond motifs is 2. The fourth-order valence-electron chi connectivity index (χ4n) is 5.01. The molecule has 0 radical (unpaired) electrons. The normalized spacial score (nSPS) is 23.3. The quantitative estimate of drug-likeness (QED) is 0.550. The average molecular weight is 502 g/mol. The number of aliphatic imine (C=N–C) groups is 1. The minimum Gasteiger partial charge on any atom is -0.463 e. The first-order valence-electron chi connectivity index (χ1n) is 12.1. The molecular formula is C28H27N3O4S. The van der Waals surface area contributed by atoms with Crippen LogP contribution in [0.15, 0.2) is 76.9 Å². The number of ether oxygens (including phenoxy) is 1. The third kappa shape index (κ3) is 3.95. The van der Waals surface area contributed by atoms with E-state index in [0.29, 0.717) is 23.0 Å². The SMILES string of the molecule is CCOC(=O)C1=C(C)N=C2SC(C3C(=O)N(CC)c4ccccc43)C(=O)N2C1/C=C/c1ccccc1. The van der Waals surface area contributed by atoms with Crippen molar-refractivity contribution in [2.45, 2.75) is 38.0 Å². The average Bonchev–Trinajstić information content (AvgIpc) is 3.34. The van der Waals surface area contributed by atoms with Crippen LogP contribution in [0, 0.1) is 0 Å². The van der Waals surface area contributed by atoms with Crippen LogP contribution in [0.5, 0.6) is 0 Å². The standard InChI is InChI=1S/C28H27N3O4S/c1-4-30-20-14-10-9-13-19(20)23(25(30)32)24-26(33)31-21(16-15-18-11-7-6-8-12-18)22(27(34)35-5-2)17(3)29-28(31)36-24/h6-16,21,23-24H,4-5H2,1-3H3/b16-15+. The number of carbonyl (C=O) groups is 3. The van der Waals surface area contributed by atoms with E-state index >= 15 is 0 Å². The molecule has 2 aromatic carbocycles. The first kappa shape index (κ1) is 24.1. The zero-order valence-corrected chi connectivity index (χ0v) is 21.2. The molecule has 2 aromatic rings. The number of likely N-dealkylation sites (N-methyl/N-ethyl adjacent to an activating group) is 1. The number of amidine groups is 1. The van der Waals surface area contributed by atoms with Crippen molar-refractivity contribution in [3.63, 3.8) is 0 Å². The fourth-order valence-corrected chi connectivity index (χ4v) is 6.35. The van der Waals surface area contributed by atoms with Crippen molar-refractivity contribution in [3.8, 4) is 0 Å². The highest BCUT2D eigenvalue weighted by Gasteiger charge is 2.53. The second-order valence-electron chi connectivity index (χ2n) is 8.69. The molecule has 0 bridgehead atoms. The molecule has 1 saturated heterocycles. The van der Waals surface area contributed by atoms with E-state index in [0.717, 1.165) is 16.8 Å². The maximum Gasteiger partial charge on any atom is 0.338 e. The van der Waals surface area contributed by atoms with Crippen molar-refractivity contribution >= 4 is 46.5 Å². The highest BCUT2D eigenvalue weighted by Crippen LogP contribution is 2.48. The summed E-state index contributed by atoms with van der Waals surface area (Å²) in [7, 11) is 0. The number of carbonyl (C=O) groups excluding carboxylic acids is 3. The number of anilines is 1. The van der Waals surface area contributed by atoms with Gasteiger partial charge >= 0.3 is 5.97 Å². The molecule has 0 aromatic heterocycles. The van der Waals surface area contributed by atoms with Gasteiger partial charge in [0, 0.05) is 12.2 Å². The van der Waals surface area contributed by atoms with Crippen molar-refractivity contribution in [2.75, 3.05) is 18.1 Å². The van der Waals surface area contributed by atoms with Gasteiger partial charge in [-0.25, -0.2) is 9.79 Å². The molecule has 1 fully saturated rings. The van der Waals surface area contributed by atoms with Crippen molar-refractivity contribution in [2.24, 2.45) is 4.99 Å². The maximum atomic E-state index is 14.0. The van der Waals surface area contributed by atoms with Crippen LogP contribution in [0.25, 0.3) is 6.08 Å². The molecule has 0 saturated carbocycles. The van der Waals surface area contributed by atoms with Crippen molar-refractivity contribution in [1.82, 2.24) is 4.90 Å². The zero-order valence-electron chi connectivity index (χ0n) is 20.4. The number of thioether (sulfide) groups is 1. The molecule has 2 amide bonds. The second kappa shape index (κ2) is 9.78. The third-order valence-corrected chi connectivity index (χ3v) is 7.85. The van der Waals surface area contributed by atoms with Gasteiger partial charge in [0.25, 0.3) is 0 Å². The van der Waals surface area contributed by atoms with E-state index in [4.69, 9.17) is 4.74 Å². The number of para-hydroxylation sites is 1. The summed E-state index contributed by atoms with van der Waals surface area (Å²) in [4.78, 5) is 48.3. The van der Waals surface area contributed by atoms with Gasteiger partial charge in [0.15, 0.2) is 5.17 Å². The molecule has 0 spiro atoms. The summed E-state index contributed by atoms with van der Waals surface area (Å²) < 4.78 is 5.33. The molecule has 7 nitrogen and oxygen atoms in total. The Kier molecular flexibility index (Phi) is 6.53. The van der Waals surface area contributed by atoms with Gasteiger partial charge in [0.1, 0.15) is 5.25 Å². The smallest absolute Gasteiger partial charge is 0.338 e. The Balaban J connectivity index is 1.54. The first-order valence-corrected chi connectivity index (χ1v) is 12.9. The van der Waals surface area contributed by atoms with E-state index in [1.54, 1.807) is 23.6 Å². The number of amides is 2. The van der Waals surface area contributed by atoms with E-state index in [2.05, 4.69) is 4.99 Å². The highest BCUT2D eigenvalue weighted by molar-refractivity contribution is 8.15. The first-order chi connectivity index (χ1) is 17.5. The van der Waals surface area contributed by atoms with Crippen LogP contribution in [0.2, 0.25) is 0 Å². The van der Waals surface area contributed by atoms with Crippen LogP contribution in [0.1, 0.15) is 37.8 Å². The lowest BCUT2D eigenvalue weighted by atomic mass is 9.94. The number of esters is 1. The lowest BCUT2D eigenvalue weighted by Gasteiger charge is -2.30. The molecule has 0 N–H and O–H groups in total. The number of benzene rings is 2. The molecule has 3 heterocycles. The predicted octanol–water partition coefficient (Wildman–Crippen LogP) is 4.37. The van der Waals surface area contributed by atoms with Crippen LogP contribution in [-0.2, 0) is 19.1 Å². The molecule has 5 rings (SSSR count). The number of hydrogen-bond donors (Lipinski definition) is 0. The molecule has 3 aliphatic heterocycles. The summed E-state index contributed by atoms with van der Waals surface area (Å²) in [5.41, 5.74) is 3.48. The predicted molar refractivity (Wildman–Crippen MR) is 141 cm³/mol. The Labute approximate surface area is 214 Å². The van der Waals surface area contributed by atoms with E-state index in [-0.39, 0.29) is 18.4 Å². The third-order valence-electron chi connectivity index (χ3n) is 6.63. The number of nitrogens with zero attached hydrogens (tertiary/aromatic N) is 3. The van der Waals surface area contributed by atoms with Crippen LogP contribution < -0.4 is 4.90 Å². The summed E-state index contributed by atoms with van der Waals surface area (Å²) >= 11 is 1.29. The van der Waals surface area contributed by atoms with Gasteiger partial charge in [-0.05, 0) is 38.0 Å². The minimum atomic E-state index is -0.684. The van der Waals surface area contributed by atoms with Crippen molar-refractivity contribution in [3.05, 3.63) is 83.1 Å². The van der Waals surface area contributed by atoms with Gasteiger partial charge in [-0.1, -0.05) is 72.4 Å². The summed E-state index contributed by atoms with van der Waals surface area (Å²) in [6, 6.07) is 16.6. The Bertz CT molecular complexity index is 1320. The molecule has 0 aliphatic carbocycles. The number of hydrogen-bond acceptors (Lipinski definition) is 6. The second-order valence-corrected chi connectivity index (χ2v) is 9.80. The topological polar surface area (TPSA) is 79.3 Å². The van der Waals surface area contributed by atoms with E-state index in [1.807, 2.05) is 73.7 Å². The summed E-state index contributed by atoms with van der Waals surface area (Å²) in [5, 5.41) is -0.172. The van der Waals surface area contributed by atoms with Crippen LogP contribution >= 0.6 is 11.8 Å². The van der Waals surface area contributed by atoms with Gasteiger partial charge in [-0.2, -0.15) is 0 Å². The monoisotopic (exact) mass is 501 g/mol. The van der Waals surface area contributed by atoms with E-state index in [9.17, 15) is 14.4 Å². The van der Waals surface area contributed by atoms with Crippen LogP contribution in [0.3, 0.4) is 0 Å². The lowest BCUT2D eigenvalue weighted by molar-refractivity contribution is -0.139. The van der Waals surface area contributed by atoms with Crippen molar-refractivity contribution in [1.29, 1.82) is 0 Å². The molecule has 3 unspecified atom stereocenters. The van der Waals surface area contributed by atoms with Crippen molar-refractivity contribution < 1.29 is 19.1 Å². The molecule has 3 atom stereocenters. The van der Waals surface area contributed by atoms with Gasteiger partial charge in [-0.15, -0.1) is 0 Å². The van der Waals surface area contributed by atoms with E-state index in [1.165, 1.54) is 11.8 Å². The Morgan fingerprint density at radius 2 is 1.78 bits per heavy atom. The van der Waals surface area contributed by atoms with Gasteiger partial charge < -0.3 is 9.64 Å². The minimum absolute atomic E-state index is 0.0864. The van der Waals surface area contributed by atoms with Crippen LogP contribution in [0.4, 0.5) is 5.69 Å². The Morgan fingerprint density at radius 1 is 1.06 bits per heavy atom. The Hall–Kier alpha value is -3.65. The summed E-state index contributed by atoms with van der Waals surface area (Å²) in [6.07, 6.45) is 3.73. The number of rotatable bonds is 6. The summed E-state index contributed by atoms with van der Waals surface area (Å²) in [6.45, 7) is 6.17. The van der Waals surface area contributed by atoms with Crippen LogP contribution in [-0.4, -0.2) is 52.3 Å². The highest BCUT2D eigenvalue weighted by atomic mass is 32.2. The number of allylic oxidation sites excluding steroid dienone is 1.